The molecule has 0 bridgehead atoms. The van der Waals surface area contributed by atoms with E-state index in [9.17, 15) is 4.39 Å². The van der Waals surface area contributed by atoms with Crippen molar-refractivity contribution < 1.29 is 9.13 Å². The van der Waals surface area contributed by atoms with E-state index in [1.54, 1.807) is 18.6 Å². The lowest BCUT2D eigenvalue weighted by molar-refractivity contribution is 0.105. The van der Waals surface area contributed by atoms with Crippen LogP contribution in [0.3, 0.4) is 0 Å². The first-order valence-electron chi connectivity index (χ1n) is 9.54. The van der Waals surface area contributed by atoms with Crippen molar-refractivity contribution >= 4 is 11.6 Å². The van der Waals surface area contributed by atoms with Gasteiger partial charge in [-0.1, -0.05) is 6.07 Å². The third-order valence-corrected chi connectivity index (χ3v) is 6.51. The van der Waals surface area contributed by atoms with Crippen LogP contribution in [0.25, 0.3) is 5.69 Å². The zero-order chi connectivity index (χ0) is 19.1. The maximum atomic E-state index is 14.1. The molecule has 2 aromatic heterocycles. The lowest BCUT2D eigenvalue weighted by Crippen LogP contribution is -2.26. The molecule has 1 aliphatic carbocycles. The molecule has 0 radical (unpaired) electrons. The van der Waals surface area contributed by atoms with Gasteiger partial charge in [-0.2, -0.15) is 0 Å². The highest BCUT2D eigenvalue weighted by molar-refractivity contribution is 6.24. The molecule has 1 saturated carbocycles. The van der Waals surface area contributed by atoms with Crippen LogP contribution >= 0.6 is 11.6 Å². The van der Waals surface area contributed by atoms with Crippen LogP contribution in [0.2, 0.25) is 0 Å². The lowest BCUT2D eigenvalue weighted by Gasteiger charge is -2.36. The number of fused-ring (bicyclic) bond motifs is 3. The molecule has 7 heteroatoms. The van der Waals surface area contributed by atoms with E-state index in [0.717, 1.165) is 48.3 Å². The molecule has 0 N–H and O–H groups in total. The predicted molar refractivity (Wildman–Crippen MR) is 103 cm³/mol. The number of pyridine rings is 1. The maximum absolute atomic E-state index is 14.1. The Morgan fingerprint density at radius 3 is 2.86 bits per heavy atom. The van der Waals surface area contributed by atoms with Crippen molar-refractivity contribution in [2.24, 2.45) is 0 Å². The molecule has 28 heavy (non-hydrogen) atoms. The summed E-state index contributed by atoms with van der Waals surface area (Å²) in [5.74, 6) is 0.697. The van der Waals surface area contributed by atoms with E-state index in [4.69, 9.17) is 16.3 Å². The van der Waals surface area contributed by atoms with Crippen LogP contribution in [0.1, 0.15) is 54.2 Å². The minimum Gasteiger partial charge on any atom is -0.369 e. The third kappa shape index (κ3) is 3.01. The quantitative estimate of drug-likeness (QED) is 0.591. The summed E-state index contributed by atoms with van der Waals surface area (Å²) >= 11 is 7.07. The number of hydrogen-bond donors (Lipinski definition) is 0. The zero-order valence-electron chi connectivity index (χ0n) is 15.3. The summed E-state index contributed by atoms with van der Waals surface area (Å²) in [4.78, 5) is 3.81. The molecule has 5 nitrogen and oxygen atoms in total. The molecule has 0 spiro atoms. The number of ether oxygens (including phenoxy) is 1. The smallest absolute Gasteiger partial charge is 0.163 e. The van der Waals surface area contributed by atoms with E-state index in [1.165, 1.54) is 6.07 Å². The Hall–Kier alpha value is -2.31. The zero-order valence-corrected chi connectivity index (χ0v) is 16.1. The van der Waals surface area contributed by atoms with Gasteiger partial charge in [-0.3, -0.25) is 9.55 Å². The van der Waals surface area contributed by atoms with Gasteiger partial charge in [0.15, 0.2) is 5.82 Å². The van der Waals surface area contributed by atoms with Crippen molar-refractivity contribution in [2.45, 2.75) is 49.7 Å². The molecule has 0 amide bonds. The fraction of sp³-hybridized carbons (Fsp3) is 0.381. The first-order chi connectivity index (χ1) is 13.6. The van der Waals surface area contributed by atoms with Crippen molar-refractivity contribution in [3.05, 3.63) is 71.3 Å². The number of halogens is 2. The number of hydrogen-bond acceptors (Lipinski definition) is 4. The summed E-state index contributed by atoms with van der Waals surface area (Å²) in [5.41, 5.74) is 3.77. The highest BCUT2D eigenvalue weighted by Crippen LogP contribution is 2.48. The van der Waals surface area contributed by atoms with E-state index >= 15 is 0 Å². The Balaban J connectivity index is 1.40. The van der Waals surface area contributed by atoms with Crippen LogP contribution < -0.4 is 0 Å². The first kappa shape index (κ1) is 17.8. The van der Waals surface area contributed by atoms with Crippen LogP contribution in [0.4, 0.5) is 4.39 Å². The van der Waals surface area contributed by atoms with Crippen molar-refractivity contribution in [3.8, 4) is 5.69 Å². The van der Waals surface area contributed by atoms with Crippen LogP contribution in [0, 0.1) is 5.82 Å². The second kappa shape index (κ2) is 6.94. The van der Waals surface area contributed by atoms with Gasteiger partial charge >= 0.3 is 0 Å². The standard InChI is InChI=1S/C21H20ClFN4O/c22-21(7-5-14(6-8-21)20-17(23)2-1-9-24-20)16-3-4-18-15(10-16)11-28-12-19-26-25-13-27(18)19/h1-4,9-10,13-14H,5-8,11-12H2. The molecule has 144 valence electrons. The molecule has 1 aromatic carbocycles. The highest BCUT2D eigenvalue weighted by atomic mass is 35.5. The Morgan fingerprint density at radius 1 is 1.18 bits per heavy atom. The summed E-state index contributed by atoms with van der Waals surface area (Å²) in [6, 6.07) is 9.41. The summed E-state index contributed by atoms with van der Waals surface area (Å²) in [6.45, 7) is 0.953. The number of benzene rings is 1. The molecule has 3 aromatic rings. The average molecular weight is 399 g/mol. The van der Waals surface area contributed by atoms with E-state index in [0.29, 0.717) is 18.9 Å². The molecular formula is C21H20ClFN4O. The highest BCUT2D eigenvalue weighted by Gasteiger charge is 2.37. The molecule has 0 saturated heterocycles. The lowest BCUT2D eigenvalue weighted by atomic mass is 9.76. The van der Waals surface area contributed by atoms with Crippen LogP contribution in [-0.2, 0) is 22.8 Å². The molecule has 3 heterocycles. The van der Waals surface area contributed by atoms with Crippen LogP contribution in [0.5, 0.6) is 0 Å². The molecule has 1 fully saturated rings. The summed E-state index contributed by atoms with van der Waals surface area (Å²) in [7, 11) is 0. The molecule has 0 unspecified atom stereocenters. The first-order valence-corrected chi connectivity index (χ1v) is 9.92. The Morgan fingerprint density at radius 2 is 2.04 bits per heavy atom. The van der Waals surface area contributed by atoms with Gasteiger partial charge in [-0.25, -0.2) is 4.39 Å². The molecular weight excluding hydrogens is 379 g/mol. The normalized spacial score (nSPS) is 24.3. The topological polar surface area (TPSA) is 52.8 Å². The fourth-order valence-electron chi connectivity index (χ4n) is 4.36. The van der Waals surface area contributed by atoms with Gasteiger partial charge in [0.25, 0.3) is 0 Å². The van der Waals surface area contributed by atoms with Crippen molar-refractivity contribution in [2.75, 3.05) is 0 Å². The summed E-state index contributed by atoms with van der Waals surface area (Å²) < 4.78 is 21.8. The molecule has 5 rings (SSSR count). The Labute approximate surface area is 167 Å². The van der Waals surface area contributed by atoms with Crippen molar-refractivity contribution in [3.63, 3.8) is 0 Å². The summed E-state index contributed by atoms with van der Waals surface area (Å²) in [5, 5.41) is 8.10. The monoisotopic (exact) mass is 398 g/mol. The van der Waals surface area contributed by atoms with Crippen molar-refractivity contribution in [1.29, 1.82) is 0 Å². The number of rotatable bonds is 2. The van der Waals surface area contributed by atoms with E-state index < -0.39 is 4.87 Å². The Bertz CT molecular complexity index is 1010. The van der Waals surface area contributed by atoms with Gasteiger partial charge in [0.1, 0.15) is 18.8 Å². The molecule has 1 aliphatic heterocycles. The van der Waals surface area contributed by atoms with Crippen molar-refractivity contribution in [1.82, 2.24) is 19.7 Å². The van der Waals surface area contributed by atoms with Gasteiger partial charge in [-0.05, 0) is 55.5 Å². The maximum Gasteiger partial charge on any atom is 0.163 e. The van der Waals surface area contributed by atoms with E-state index in [1.807, 2.05) is 4.57 Å². The molecule has 2 aliphatic rings. The van der Waals surface area contributed by atoms with E-state index in [-0.39, 0.29) is 11.7 Å². The van der Waals surface area contributed by atoms with Gasteiger partial charge in [0.05, 0.1) is 22.9 Å². The minimum absolute atomic E-state index is 0.122. The second-order valence-electron chi connectivity index (χ2n) is 7.56. The number of alkyl halides is 1. The predicted octanol–water partition coefficient (Wildman–Crippen LogP) is 4.62. The van der Waals surface area contributed by atoms with Gasteiger partial charge in [0.2, 0.25) is 0 Å². The van der Waals surface area contributed by atoms with Crippen LogP contribution in [-0.4, -0.2) is 19.7 Å². The molecule has 0 atom stereocenters. The minimum atomic E-state index is -0.445. The summed E-state index contributed by atoms with van der Waals surface area (Å²) in [6.07, 6.45) is 6.58. The fourth-order valence-corrected chi connectivity index (χ4v) is 4.70. The third-order valence-electron chi connectivity index (χ3n) is 5.92. The van der Waals surface area contributed by atoms with Crippen LogP contribution in [0.15, 0.2) is 42.9 Å². The number of aromatic nitrogens is 4. The number of nitrogens with zero attached hydrogens (tertiary/aromatic N) is 4. The second-order valence-corrected chi connectivity index (χ2v) is 8.29. The van der Waals surface area contributed by atoms with E-state index in [2.05, 4.69) is 33.4 Å². The SMILES string of the molecule is Fc1cccnc1C1CCC(Cl)(c2ccc3c(c2)COCc2nncn2-3)CC1. The Kier molecular flexibility index (Phi) is 4.40. The largest absolute Gasteiger partial charge is 0.369 e. The van der Waals surface area contributed by atoms with Gasteiger partial charge in [-0.15, -0.1) is 21.8 Å². The van der Waals surface area contributed by atoms with Gasteiger partial charge < -0.3 is 4.74 Å². The van der Waals surface area contributed by atoms with Gasteiger partial charge in [0, 0.05) is 17.7 Å². The average Bonchev–Trinajstić information content (AvgIpc) is 3.10.